The van der Waals surface area contributed by atoms with Gasteiger partial charge in [0.05, 0.1) is 38.0 Å². The van der Waals surface area contributed by atoms with Gasteiger partial charge in [0.2, 0.25) is 10.0 Å². The Labute approximate surface area is 174 Å². The third-order valence-corrected chi connectivity index (χ3v) is 6.63. The van der Waals surface area contributed by atoms with Crippen LogP contribution in [0.5, 0.6) is 11.5 Å². The lowest BCUT2D eigenvalue weighted by Gasteiger charge is -2.27. The molecule has 11 heteroatoms. The van der Waals surface area contributed by atoms with E-state index in [0.717, 1.165) is 11.6 Å². The topological polar surface area (TPSA) is 120 Å². The van der Waals surface area contributed by atoms with Crippen LogP contribution >= 0.6 is 0 Å². The SMILES string of the molecule is COc1ccc(CNc2ccc([N+](=O)[O-])cc2S(=O)(=O)N2CCOCC2)cc1OC. The number of methoxy groups -OCH3 is 2. The summed E-state index contributed by atoms with van der Waals surface area (Å²) in [7, 11) is -0.872. The highest BCUT2D eigenvalue weighted by molar-refractivity contribution is 7.89. The summed E-state index contributed by atoms with van der Waals surface area (Å²) >= 11 is 0. The Morgan fingerprint density at radius 2 is 1.80 bits per heavy atom. The fourth-order valence-electron chi connectivity index (χ4n) is 3.10. The minimum absolute atomic E-state index is 0.140. The minimum atomic E-state index is -3.93. The number of non-ortho nitro benzene ring substituents is 1. The highest BCUT2D eigenvalue weighted by Crippen LogP contribution is 2.31. The summed E-state index contributed by atoms with van der Waals surface area (Å²) in [6, 6.07) is 9.10. The van der Waals surface area contributed by atoms with E-state index in [1.165, 1.54) is 30.7 Å². The summed E-state index contributed by atoms with van der Waals surface area (Å²) in [6.45, 7) is 1.23. The molecule has 1 aliphatic rings. The summed E-state index contributed by atoms with van der Waals surface area (Å²) < 4.78 is 43.3. The van der Waals surface area contributed by atoms with Crippen LogP contribution in [0.1, 0.15) is 5.56 Å². The molecule has 0 amide bonds. The van der Waals surface area contributed by atoms with Crippen molar-refractivity contribution in [3.8, 4) is 11.5 Å². The van der Waals surface area contributed by atoms with Gasteiger partial charge in [0, 0.05) is 31.8 Å². The maximum absolute atomic E-state index is 13.1. The molecule has 0 saturated carbocycles. The number of ether oxygens (including phenoxy) is 3. The fraction of sp³-hybridized carbons (Fsp3) is 0.368. The number of anilines is 1. The van der Waals surface area contributed by atoms with Gasteiger partial charge in [-0.15, -0.1) is 0 Å². The van der Waals surface area contributed by atoms with Crippen molar-refractivity contribution >= 4 is 21.4 Å². The lowest BCUT2D eigenvalue weighted by molar-refractivity contribution is -0.385. The number of nitro benzene ring substituents is 1. The second-order valence-electron chi connectivity index (χ2n) is 6.50. The van der Waals surface area contributed by atoms with Gasteiger partial charge in [0.15, 0.2) is 11.5 Å². The van der Waals surface area contributed by atoms with Gasteiger partial charge in [-0.05, 0) is 23.8 Å². The van der Waals surface area contributed by atoms with Gasteiger partial charge < -0.3 is 19.5 Å². The molecule has 1 heterocycles. The van der Waals surface area contributed by atoms with Gasteiger partial charge in [0.1, 0.15) is 4.90 Å². The van der Waals surface area contributed by atoms with E-state index in [9.17, 15) is 18.5 Å². The molecular formula is C19H23N3O7S. The monoisotopic (exact) mass is 437 g/mol. The lowest BCUT2D eigenvalue weighted by atomic mass is 10.2. The molecule has 0 aromatic heterocycles. The van der Waals surface area contributed by atoms with Crippen molar-refractivity contribution in [3.63, 3.8) is 0 Å². The summed E-state index contributed by atoms with van der Waals surface area (Å²) in [4.78, 5) is 10.5. The minimum Gasteiger partial charge on any atom is -0.493 e. The van der Waals surface area contributed by atoms with E-state index in [1.54, 1.807) is 12.1 Å². The second-order valence-corrected chi connectivity index (χ2v) is 8.40. The van der Waals surface area contributed by atoms with E-state index >= 15 is 0 Å². The van der Waals surface area contributed by atoms with Gasteiger partial charge in [-0.25, -0.2) is 8.42 Å². The molecule has 1 N–H and O–H groups in total. The molecule has 3 rings (SSSR count). The number of hydrogen-bond acceptors (Lipinski definition) is 8. The maximum Gasteiger partial charge on any atom is 0.270 e. The quantitative estimate of drug-likeness (QED) is 0.493. The molecule has 0 aliphatic carbocycles. The van der Waals surface area contributed by atoms with Crippen LogP contribution in [0.3, 0.4) is 0 Å². The number of nitro groups is 1. The van der Waals surface area contributed by atoms with Gasteiger partial charge in [-0.2, -0.15) is 4.31 Å². The fourth-order valence-corrected chi connectivity index (χ4v) is 4.69. The smallest absolute Gasteiger partial charge is 0.270 e. The Kier molecular flexibility index (Phi) is 6.75. The van der Waals surface area contributed by atoms with E-state index < -0.39 is 14.9 Å². The number of nitrogens with zero attached hydrogens (tertiary/aromatic N) is 2. The first kappa shape index (κ1) is 21.8. The summed E-state index contributed by atoms with van der Waals surface area (Å²) in [5.74, 6) is 1.12. The van der Waals surface area contributed by atoms with E-state index in [1.807, 2.05) is 6.07 Å². The highest BCUT2D eigenvalue weighted by atomic mass is 32.2. The zero-order chi connectivity index (χ0) is 21.7. The van der Waals surface area contributed by atoms with Crippen molar-refractivity contribution in [1.82, 2.24) is 4.31 Å². The summed E-state index contributed by atoms with van der Waals surface area (Å²) in [6.07, 6.45) is 0. The Morgan fingerprint density at radius 3 is 2.43 bits per heavy atom. The Hall–Kier alpha value is -2.89. The van der Waals surface area contributed by atoms with E-state index in [4.69, 9.17) is 14.2 Å². The number of morpholine rings is 1. The number of nitrogens with one attached hydrogen (secondary N) is 1. The molecular weight excluding hydrogens is 414 g/mol. The third-order valence-electron chi connectivity index (χ3n) is 4.69. The van der Waals surface area contributed by atoms with Crippen molar-refractivity contribution in [2.75, 3.05) is 45.8 Å². The van der Waals surface area contributed by atoms with Crippen LogP contribution in [-0.2, 0) is 21.3 Å². The number of benzene rings is 2. The van der Waals surface area contributed by atoms with Crippen molar-refractivity contribution in [2.45, 2.75) is 11.4 Å². The van der Waals surface area contributed by atoms with Crippen LogP contribution < -0.4 is 14.8 Å². The zero-order valence-electron chi connectivity index (χ0n) is 16.7. The second kappa shape index (κ2) is 9.28. The molecule has 162 valence electrons. The van der Waals surface area contributed by atoms with Crippen LogP contribution in [-0.4, -0.2) is 58.2 Å². The average Bonchev–Trinajstić information content (AvgIpc) is 2.77. The summed E-state index contributed by atoms with van der Waals surface area (Å²) in [5, 5.41) is 14.3. The molecule has 1 fully saturated rings. The predicted octanol–water partition coefficient (Wildman–Crippen LogP) is 2.25. The molecule has 1 saturated heterocycles. The number of rotatable bonds is 8. The number of hydrogen-bond donors (Lipinski definition) is 1. The van der Waals surface area contributed by atoms with E-state index in [2.05, 4.69) is 5.32 Å². The van der Waals surface area contributed by atoms with Crippen LogP contribution in [0.15, 0.2) is 41.3 Å². The van der Waals surface area contributed by atoms with Crippen LogP contribution in [0.4, 0.5) is 11.4 Å². The first-order chi connectivity index (χ1) is 14.4. The standard InChI is InChI=1S/C19H23N3O7S/c1-27-17-6-3-14(11-18(17)28-2)13-20-16-5-4-15(22(23)24)12-19(16)30(25,26)21-7-9-29-10-8-21/h3-6,11-12,20H,7-10,13H2,1-2H3. The predicted molar refractivity (Wildman–Crippen MR) is 110 cm³/mol. The third kappa shape index (κ3) is 4.64. The normalized spacial score (nSPS) is 14.9. The largest absolute Gasteiger partial charge is 0.493 e. The first-order valence-electron chi connectivity index (χ1n) is 9.18. The Morgan fingerprint density at radius 1 is 1.10 bits per heavy atom. The lowest BCUT2D eigenvalue weighted by Crippen LogP contribution is -2.40. The van der Waals surface area contributed by atoms with Crippen molar-refractivity contribution in [3.05, 3.63) is 52.1 Å². The Balaban J connectivity index is 1.92. The van der Waals surface area contributed by atoms with Gasteiger partial charge >= 0.3 is 0 Å². The molecule has 0 atom stereocenters. The van der Waals surface area contributed by atoms with Crippen molar-refractivity contribution in [2.24, 2.45) is 0 Å². The zero-order valence-corrected chi connectivity index (χ0v) is 17.5. The van der Waals surface area contributed by atoms with Crippen molar-refractivity contribution in [1.29, 1.82) is 0 Å². The van der Waals surface area contributed by atoms with Gasteiger partial charge in [-0.1, -0.05) is 6.07 Å². The van der Waals surface area contributed by atoms with Gasteiger partial charge in [0.25, 0.3) is 5.69 Å². The molecule has 0 bridgehead atoms. The van der Waals surface area contributed by atoms with E-state index in [0.29, 0.717) is 11.5 Å². The molecule has 2 aromatic rings. The Bertz CT molecular complexity index is 1020. The highest BCUT2D eigenvalue weighted by Gasteiger charge is 2.30. The molecule has 1 aliphatic heterocycles. The molecule has 10 nitrogen and oxygen atoms in total. The van der Waals surface area contributed by atoms with E-state index in [-0.39, 0.29) is 49.1 Å². The van der Waals surface area contributed by atoms with Crippen LogP contribution in [0.25, 0.3) is 0 Å². The van der Waals surface area contributed by atoms with Crippen LogP contribution in [0, 0.1) is 10.1 Å². The van der Waals surface area contributed by atoms with Crippen LogP contribution in [0.2, 0.25) is 0 Å². The molecule has 30 heavy (non-hydrogen) atoms. The molecule has 2 aromatic carbocycles. The maximum atomic E-state index is 13.1. The van der Waals surface area contributed by atoms with Gasteiger partial charge in [-0.3, -0.25) is 10.1 Å². The van der Waals surface area contributed by atoms with Crippen molar-refractivity contribution < 1.29 is 27.6 Å². The average molecular weight is 437 g/mol. The summed E-state index contributed by atoms with van der Waals surface area (Å²) in [5.41, 5.74) is 0.807. The molecule has 0 unspecified atom stereocenters. The number of sulfonamides is 1. The first-order valence-corrected chi connectivity index (χ1v) is 10.6. The molecule has 0 spiro atoms. The molecule has 0 radical (unpaired) electrons.